The lowest BCUT2D eigenvalue weighted by Gasteiger charge is -2.03. The average Bonchev–Trinajstić information content (AvgIpc) is 3.07. The van der Waals surface area contributed by atoms with Gasteiger partial charge in [-0.1, -0.05) is 5.16 Å². The maximum absolute atomic E-state index is 5.26. The van der Waals surface area contributed by atoms with E-state index >= 15 is 0 Å². The summed E-state index contributed by atoms with van der Waals surface area (Å²) < 4.78 is 6.99. The summed E-state index contributed by atoms with van der Waals surface area (Å²) in [5, 5.41) is 11.6. The Kier molecular flexibility index (Phi) is 3.10. The Morgan fingerprint density at radius 1 is 1.56 bits per heavy atom. The van der Waals surface area contributed by atoms with Crippen molar-refractivity contribution in [3.05, 3.63) is 18.2 Å². The van der Waals surface area contributed by atoms with E-state index in [1.165, 1.54) is 6.42 Å². The molecular formula is C12H17N5O. The van der Waals surface area contributed by atoms with E-state index in [1.807, 2.05) is 19.3 Å². The molecule has 3 heterocycles. The van der Waals surface area contributed by atoms with Crippen molar-refractivity contribution in [3.8, 4) is 11.5 Å². The second-order valence-corrected chi connectivity index (χ2v) is 4.78. The molecule has 0 saturated carbocycles. The summed E-state index contributed by atoms with van der Waals surface area (Å²) >= 11 is 0. The van der Waals surface area contributed by atoms with Crippen LogP contribution < -0.4 is 5.32 Å². The van der Waals surface area contributed by atoms with E-state index in [-0.39, 0.29) is 0 Å². The first kappa shape index (κ1) is 11.4. The standard InChI is InChI=1S/C12H17N5O/c1-17-7-5-10(15-17)12-14-11(18-16-12)3-2-9-4-6-13-8-9/h5,7,9,13H,2-4,6,8H2,1H3. The minimum Gasteiger partial charge on any atom is -0.339 e. The Bertz CT molecular complexity index is 512. The third-order valence-corrected chi connectivity index (χ3v) is 3.34. The maximum Gasteiger partial charge on any atom is 0.227 e. The van der Waals surface area contributed by atoms with Gasteiger partial charge in [-0.3, -0.25) is 4.68 Å². The highest BCUT2D eigenvalue weighted by Gasteiger charge is 2.16. The SMILES string of the molecule is Cn1ccc(-c2noc(CCC3CCNC3)n2)n1. The molecule has 6 nitrogen and oxygen atoms in total. The summed E-state index contributed by atoms with van der Waals surface area (Å²) in [6.07, 6.45) is 5.08. The van der Waals surface area contributed by atoms with Gasteiger partial charge in [0.2, 0.25) is 11.7 Å². The van der Waals surface area contributed by atoms with Crippen molar-refractivity contribution in [2.24, 2.45) is 13.0 Å². The highest BCUT2D eigenvalue weighted by atomic mass is 16.5. The van der Waals surface area contributed by atoms with Crippen molar-refractivity contribution >= 4 is 0 Å². The highest BCUT2D eigenvalue weighted by molar-refractivity contribution is 5.46. The molecule has 18 heavy (non-hydrogen) atoms. The van der Waals surface area contributed by atoms with Gasteiger partial charge < -0.3 is 9.84 Å². The molecule has 0 spiro atoms. The molecule has 0 aliphatic carbocycles. The normalized spacial score (nSPS) is 19.5. The third kappa shape index (κ3) is 2.43. The van der Waals surface area contributed by atoms with Crippen LogP contribution in [0.25, 0.3) is 11.5 Å². The summed E-state index contributed by atoms with van der Waals surface area (Å²) in [4.78, 5) is 4.38. The van der Waals surface area contributed by atoms with Crippen molar-refractivity contribution in [2.75, 3.05) is 13.1 Å². The first-order chi connectivity index (χ1) is 8.81. The Labute approximate surface area is 105 Å². The van der Waals surface area contributed by atoms with Gasteiger partial charge in [0.05, 0.1) is 0 Å². The molecular weight excluding hydrogens is 230 g/mol. The molecule has 0 aromatic carbocycles. The molecule has 0 radical (unpaired) electrons. The van der Waals surface area contributed by atoms with Gasteiger partial charge >= 0.3 is 0 Å². The Morgan fingerprint density at radius 3 is 3.22 bits per heavy atom. The number of hydrogen-bond acceptors (Lipinski definition) is 5. The molecule has 0 amide bonds. The third-order valence-electron chi connectivity index (χ3n) is 3.34. The van der Waals surface area contributed by atoms with Gasteiger partial charge in [-0.15, -0.1) is 0 Å². The van der Waals surface area contributed by atoms with Gasteiger partial charge in [0.25, 0.3) is 0 Å². The van der Waals surface area contributed by atoms with Crippen LogP contribution in [0.15, 0.2) is 16.8 Å². The van der Waals surface area contributed by atoms with Gasteiger partial charge in [-0.05, 0) is 37.9 Å². The second-order valence-electron chi connectivity index (χ2n) is 4.78. The van der Waals surface area contributed by atoms with Crippen molar-refractivity contribution in [1.29, 1.82) is 0 Å². The highest BCUT2D eigenvalue weighted by Crippen LogP contribution is 2.17. The number of aromatic nitrogens is 4. The lowest BCUT2D eigenvalue weighted by Crippen LogP contribution is -2.09. The first-order valence-corrected chi connectivity index (χ1v) is 6.34. The van der Waals surface area contributed by atoms with Crippen LogP contribution in [0, 0.1) is 5.92 Å². The minimum absolute atomic E-state index is 0.579. The van der Waals surface area contributed by atoms with Gasteiger partial charge in [-0.25, -0.2) is 0 Å². The number of nitrogens with zero attached hydrogens (tertiary/aromatic N) is 4. The molecule has 1 saturated heterocycles. The maximum atomic E-state index is 5.26. The van der Waals surface area contributed by atoms with Crippen LogP contribution >= 0.6 is 0 Å². The second kappa shape index (κ2) is 4.89. The lowest BCUT2D eigenvalue weighted by molar-refractivity contribution is 0.365. The van der Waals surface area contributed by atoms with Gasteiger partial charge in [0.1, 0.15) is 5.69 Å². The average molecular weight is 247 g/mol. The van der Waals surface area contributed by atoms with Crippen LogP contribution in [0.2, 0.25) is 0 Å². The predicted molar refractivity (Wildman–Crippen MR) is 65.8 cm³/mol. The largest absolute Gasteiger partial charge is 0.339 e. The topological polar surface area (TPSA) is 68.8 Å². The van der Waals surface area contributed by atoms with E-state index < -0.39 is 0 Å². The lowest BCUT2D eigenvalue weighted by atomic mass is 10.0. The monoisotopic (exact) mass is 247 g/mol. The molecule has 3 rings (SSSR count). The van der Waals surface area contributed by atoms with Crippen LogP contribution in [-0.4, -0.2) is 33.0 Å². The summed E-state index contributed by atoms with van der Waals surface area (Å²) in [6.45, 7) is 2.24. The fraction of sp³-hybridized carbons (Fsp3) is 0.583. The zero-order chi connectivity index (χ0) is 12.4. The van der Waals surface area contributed by atoms with Crippen LogP contribution in [0.4, 0.5) is 0 Å². The molecule has 6 heteroatoms. The molecule has 1 unspecified atom stereocenters. The fourth-order valence-electron chi connectivity index (χ4n) is 2.28. The van der Waals surface area contributed by atoms with E-state index in [4.69, 9.17) is 4.52 Å². The minimum atomic E-state index is 0.579. The molecule has 1 fully saturated rings. The Balaban J connectivity index is 1.62. The fourth-order valence-corrected chi connectivity index (χ4v) is 2.28. The molecule has 1 aliphatic rings. The van der Waals surface area contributed by atoms with E-state index in [0.717, 1.165) is 37.5 Å². The quantitative estimate of drug-likeness (QED) is 0.873. The van der Waals surface area contributed by atoms with Gasteiger partial charge in [-0.2, -0.15) is 10.1 Å². The summed E-state index contributed by atoms with van der Waals surface area (Å²) in [5.41, 5.74) is 0.759. The van der Waals surface area contributed by atoms with Crippen LogP contribution in [0.5, 0.6) is 0 Å². The number of hydrogen-bond donors (Lipinski definition) is 1. The van der Waals surface area contributed by atoms with Crippen molar-refractivity contribution in [3.63, 3.8) is 0 Å². The van der Waals surface area contributed by atoms with E-state index in [9.17, 15) is 0 Å². The summed E-state index contributed by atoms with van der Waals surface area (Å²) in [7, 11) is 1.87. The number of nitrogens with one attached hydrogen (secondary N) is 1. The van der Waals surface area contributed by atoms with E-state index in [1.54, 1.807) is 4.68 Å². The molecule has 0 bridgehead atoms. The van der Waals surface area contributed by atoms with Crippen LogP contribution in [0.1, 0.15) is 18.7 Å². The molecule has 2 aromatic rings. The van der Waals surface area contributed by atoms with E-state index in [0.29, 0.717) is 11.7 Å². The Hall–Kier alpha value is -1.69. The van der Waals surface area contributed by atoms with Crippen molar-refractivity contribution in [1.82, 2.24) is 25.2 Å². The van der Waals surface area contributed by atoms with Gasteiger partial charge in [0, 0.05) is 19.7 Å². The van der Waals surface area contributed by atoms with Crippen LogP contribution in [0.3, 0.4) is 0 Å². The zero-order valence-corrected chi connectivity index (χ0v) is 10.5. The summed E-state index contributed by atoms with van der Waals surface area (Å²) in [6, 6.07) is 1.88. The molecule has 1 atom stereocenters. The number of aryl methyl sites for hydroxylation is 2. The van der Waals surface area contributed by atoms with Crippen LogP contribution in [-0.2, 0) is 13.5 Å². The number of rotatable bonds is 4. The molecule has 1 aliphatic heterocycles. The van der Waals surface area contributed by atoms with E-state index in [2.05, 4.69) is 20.6 Å². The Morgan fingerprint density at radius 2 is 2.50 bits per heavy atom. The zero-order valence-electron chi connectivity index (χ0n) is 10.5. The van der Waals surface area contributed by atoms with Crippen molar-refractivity contribution in [2.45, 2.75) is 19.3 Å². The van der Waals surface area contributed by atoms with Gasteiger partial charge in [0.15, 0.2) is 0 Å². The molecule has 96 valence electrons. The molecule has 1 N–H and O–H groups in total. The summed E-state index contributed by atoms with van der Waals surface area (Å²) in [5.74, 6) is 2.04. The van der Waals surface area contributed by atoms with Crippen molar-refractivity contribution < 1.29 is 4.52 Å². The predicted octanol–water partition coefficient (Wildman–Crippen LogP) is 1.01. The molecule has 2 aromatic heterocycles. The first-order valence-electron chi connectivity index (χ1n) is 6.34. The smallest absolute Gasteiger partial charge is 0.227 e.